The molecule has 0 heterocycles. The Balaban J connectivity index is 3.15. The molecule has 1 rings (SSSR count). The molecule has 0 unspecified atom stereocenters. The first kappa shape index (κ1) is 8.10. The molecule has 60 valence electrons. The molecule has 5 nitrogen and oxygen atoms in total. The van der Waals surface area contributed by atoms with E-state index in [4.69, 9.17) is 10.8 Å². The number of nitrogens with zero attached hydrogens (tertiary/aromatic N) is 1. The fourth-order valence-corrected chi connectivity index (χ4v) is 0.760. The number of rotatable bonds is 1. The van der Waals surface area contributed by atoms with Crippen molar-refractivity contribution in [3.63, 3.8) is 0 Å². The molecule has 0 aromatic heterocycles. The molecule has 0 aromatic rings. The molecule has 0 fully saturated rings. The SMILES string of the molecule is N=C=C1C=CC(=N)C([N+](=O)[O-])=C1. The summed E-state index contributed by atoms with van der Waals surface area (Å²) in [6.07, 6.45) is 3.85. The van der Waals surface area contributed by atoms with Crippen molar-refractivity contribution in [2.24, 2.45) is 0 Å². The van der Waals surface area contributed by atoms with Gasteiger partial charge in [0.25, 0.3) is 5.70 Å². The van der Waals surface area contributed by atoms with E-state index in [2.05, 4.69) is 0 Å². The topological polar surface area (TPSA) is 90.8 Å². The van der Waals surface area contributed by atoms with Gasteiger partial charge >= 0.3 is 0 Å². The second kappa shape index (κ2) is 2.94. The van der Waals surface area contributed by atoms with Gasteiger partial charge in [-0.2, -0.15) is 0 Å². The van der Waals surface area contributed by atoms with Gasteiger partial charge in [-0.05, 0) is 18.0 Å². The van der Waals surface area contributed by atoms with Crippen LogP contribution in [0, 0.1) is 20.9 Å². The highest BCUT2D eigenvalue weighted by Gasteiger charge is 2.18. The zero-order chi connectivity index (χ0) is 9.14. The fraction of sp³-hybridized carbons (Fsp3) is 0. The highest BCUT2D eigenvalue weighted by atomic mass is 16.6. The number of hydrogen-bond acceptors (Lipinski definition) is 4. The van der Waals surface area contributed by atoms with E-state index in [0.717, 1.165) is 6.08 Å². The average molecular weight is 163 g/mol. The Morgan fingerprint density at radius 1 is 1.50 bits per heavy atom. The quantitative estimate of drug-likeness (QED) is 0.341. The molecule has 0 amide bonds. The molecular formula is C7H5N3O2. The van der Waals surface area contributed by atoms with Gasteiger partial charge in [-0.25, -0.2) is 0 Å². The third kappa shape index (κ3) is 1.36. The summed E-state index contributed by atoms with van der Waals surface area (Å²) in [6.45, 7) is 0. The lowest BCUT2D eigenvalue weighted by Crippen LogP contribution is -2.11. The number of allylic oxidation sites excluding steroid dienone is 4. The van der Waals surface area contributed by atoms with Crippen molar-refractivity contribution in [1.82, 2.24) is 0 Å². The van der Waals surface area contributed by atoms with E-state index in [1.807, 2.05) is 5.87 Å². The van der Waals surface area contributed by atoms with Crippen molar-refractivity contribution < 1.29 is 4.92 Å². The minimum atomic E-state index is -0.650. The Labute approximate surface area is 67.9 Å². The highest BCUT2D eigenvalue weighted by molar-refractivity contribution is 6.07. The smallest absolute Gasteiger partial charge is 0.294 e. The van der Waals surface area contributed by atoms with E-state index in [0.29, 0.717) is 5.57 Å². The van der Waals surface area contributed by atoms with Crippen LogP contribution in [0.15, 0.2) is 29.5 Å². The van der Waals surface area contributed by atoms with Gasteiger partial charge in [-0.15, -0.1) is 0 Å². The molecule has 0 saturated heterocycles. The van der Waals surface area contributed by atoms with Gasteiger partial charge < -0.3 is 0 Å². The van der Waals surface area contributed by atoms with Gasteiger partial charge in [0.1, 0.15) is 5.71 Å². The average Bonchev–Trinajstić information content (AvgIpc) is 2.05. The van der Waals surface area contributed by atoms with Crippen LogP contribution in [0.25, 0.3) is 0 Å². The largest absolute Gasteiger partial charge is 0.295 e. The van der Waals surface area contributed by atoms with E-state index >= 15 is 0 Å². The van der Waals surface area contributed by atoms with E-state index in [1.165, 1.54) is 12.2 Å². The van der Waals surface area contributed by atoms with Crippen LogP contribution in [0.4, 0.5) is 0 Å². The molecule has 0 saturated carbocycles. The van der Waals surface area contributed by atoms with Crippen molar-refractivity contribution in [2.75, 3.05) is 0 Å². The van der Waals surface area contributed by atoms with Crippen LogP contribution < -0.4 is 0 Å². The summed E-state index contributed by atoms with van der Waals surface area (Å²) in [5, 5.41) is 24.1. The number of nitrogens with one attached hydrogen (secondary N) is 2. The van der Waals surface area contributed by atoms with Crippen LogP contribution >= 0.6 is 0 Å². The third-order valence-corrected chi connectivity index (χ3v) is 1.34. The van der Waals surface area contributed by atoms with Gasteiger partial charge in [0.05, 0.1) is 4.92 Å². The van der Waals surface area contributed by atoms with E-state index in [-0.39, 0.29) is 11.4 Å². The molecule has 0 aliphatic heterocycles. The molecule has 12 heavy (non-hydrogen) atoms. The first-order valence-electron chi connectivity index (χ1n) is 3.08. The Morgan fingerprint density at radius 2 is 2.17 bits per heavy atom. The van der Waals surface area contributed by atoms with Gasteiger partial charge in [0, 0.05) is 11.6 Å². The second-order valence-electron chi connectivity index (χ2n) is 2.11. The summed E-state index contributed by atoms with van der Waals surface area (Å²) in [7, 11) is 0. The van der Waals surface area contributed by atoms with E-state index in [9.17, 15) is 10.1 Å². The predicted octanol–water partition coefficient (Wildman–Crippen LogP) is 0.911. The molecule has 1 aliphatic rings. The lowest BCUT2D eigenvalue weighted by atomic mass is 10.1. The highest BCUT2D eigenvalue weighted by Crippen LogP contribution is 2.10. The summed E-state index contributed by atoms with van der Waals surface area (Å²) in [5.74, 6) is 2.01. The Bertz CT molecular complexity index is 359. The molecule has 0 atom stereocenters. The maximum atomic E-state index is 10.3. The fourth-order valence-electron chi connectivity index (χ4n) is 0.760. The standard InChI is InChI=1S/C7H5N3O2/c8-4-5-1-2-6(9)7(3-5)10(11)12/h1-3,8-9H. The summed E-state index contributed by atoms with van der Waals surface area (Å²) < 4.78 is 0. The monoisotopic (exact) mass is 163 g/mol. The maximum Gasteiger partial charge on any atom is 0.295 e. The lowest BCUT2D eigenvalue weighted by molar-refractivity contribution is -0.415. The molecule has 0 spiro atoms. The first-order chi connectivity index (χ1) is 5.65. The van der Waals surface area contributed by atoms with Crippen LogP contribution in [-0.2, 0) is 0 Å². The number of nitro groups is 1. The maximum absolute atomic E-state index is 10.3. The normalized spacial score (nSPS) is 15.5. The summed E-state index contributed by atoms with van der Waals surface area (Å²) in [5.41, 5.74) is -0.149. The Morgan fingerprint density at radius 3 is 2.67 bits per heavy atom. The van der Waals surface area contributed by atoms with Crippen LogP contribution in [0.2, 0.25) is 0 Å². The second-order valence-corrected chi connectivity index (χ2v) is 2.11. The van der Waals surface area contributed by atoms with E-state index < -0.39 is 4.92 Å². The lowest BCUT2D eigenvalue weighted by Gasteiger charge is -2.00. The Kier molecular flexibility index (Phi) is 1.98. The zero-order valence-corrected chi connectivity index (χ0v) is 6.00. The minimum absolute atomic E-state index is 0.154. The molecule has 0 aromatic carbocycles. The van der Waals surface area contributed by atoms with E-state index in [1.54, 1.807) is 0 Å². The van der Waals surface area contributed by atoms with Gasteiger partial charge in [-0.1, -0.05) is 0 Å². The van der Waals surface area contributed by atoms with Crippen LogP contribution in [0.3, 0.4) is 0 Å². The van der Waals surface area contributed by atoms with Crippen LogP contribution in [-0.4, -0.2) is 16.5 Å². The van der Waals surface area contributed by atoms with Gasteiger partial charge in [-0.3, -0.25) is 20.9 Å². The Hall–Kier alpha value is -2.00. The molecule has 0 radical (unpaired) electrons. The minimum Gasteiger partial charge on any atom is -0.294 e. The van der Waals surface area contributed by atoms with Crippen molar-refractivity contribution >= 4 is 11.6 Å². The van der Waals surface area contributed by atoms with Crippen LogP contribution in [0.1, 0.15) is 0 Å². The van der Waals surface area contributed by atoms with Crippen molar-refractivity contribution in [1.29, 1.82) is 10.8 Å². The summed E-state index contributed by atoms with van der Waals surface area (Å²) in [6, 6.07) is 0. The first-order valence-corrected chi connectivity index (χ1v) is 3.08. The zero-order valence-electron chi connectivity index (χ0n) is 6.00. The van der Waals surface area contributed by atoms with Gasteiger partial charge in [0.2, 0.25) is 0 Å². The molecule has 1 aliphatic carbocycles. The van der Waals surface area contributed by atoms with Crippen molar-refractivity contribution in [3.05, 3.63) is 39.6 Å². The molecule has 5 heteroatoms. The number of hydrogen-bond donors (Lipinski definition) is 2. The molecule has 2 N–H and O–H groups in total. The third-order valence-electron chi connectivity index (χ3n) is 1.34. The van der Waals surface area contributed by atoms with Crippen molar-refractivity contribution in [3.8, 4) is 0 Å². The van der Waals surface area contributed by atoms with Crippen molar-refractivity contribution in [2.45, 2.75) is 0 Å². The summed E-state index contributed by atoms with van der Waals surface area (Å²) >= 11 is 0. The molecular weight excluding hydrogens is 158 g/mol. The van der Waals surface area contributed by atoms with Gasteiger partial charge in [0.15, 0.2) is 0 Å². The predicted molar refractivity (Wildman–Crippen MR) is 43.2 cm³/mol. The van der Waals surface area contributed by atoms with Crippen LogP contribution in [0.5, 0.6) is 0 Å². The summed E-state index contributed by atoms with van der Waals surface area (Å²) in [4.78, 5) is 9.64. The molecule has 0 bridgehead atoms.